The van der Waals surface area contributed by atoms with Crippen LogP contribution in [0.3, 0.4) is 0 Å². The number of nitrogens with zero attached hydrogens (tertiary/aromatic N) is 1. The fourth-order valence-corrected chi connectivity index (χ4v) is 7.19. The van der Waals surface area contributed by atoms with Crippen LogP contribution in [0.5, 0.6) is 0 Å². The Morgan fingerprint density at radius 1 is 0.393 bits per heavy atom. The second kappa shape index (κ2) is 48.1. The van der Waals surface area contributed by atoms with Crippen molar-refractivity contribution in [3.05, 3.63) is 48.6 Å². The van der Waals surface area contributed by atoms with Crippen LogP contribution in [-0.4, -0.2) is 73.6 Å². The van der Waals surface area contributed by atoms with Crippen LogP contribution in [0, 0.1) is 0 Å². The second-order valence-electron chi connectivity index (χ2n) is 16.9. The van der Waals surface area contributed by atoms with Gasteiger partial charge < -0.3 is 25.7 Å². The predicted octanol–water partition coefficient (Wildman–Crippen LogP) is 13.6. The van der Waals surface area contributed by atoms with Gasteiger partial charge in [-0.3, -0.25) is 0 Å². The maximum Gasteiger partial charge on any atom is 0.0664 e. The number of hydrogen-bond donors (Lipinski definition) is 4. The third-order valence-corrected chi connectivity index (χ3v) is 11.1. The number of rotatable bonds is 46. The van der Waals surface area contributed by atoms with Crippen LogP contribution in [0.1, 0.15) is 219 Å². The molecule has 0 aliphatic heterocycles. The van der Waals surface area contributed by atoms with E-state index in [9.17, 15) is 10.2 Å². The molecule has 0 bridgehead atoms. The molecule has 330 valence electrons. The van der Waals surface area contributed by atoms with Crippen molar-refractivity contribution in [1.82, 2.24) is 15.5 Å². The van der Waals surface area contributed by atoms with E-state index in [4.69, 9.17) is 0 Å². The lowest BCUT2D eigenvalue weighted by atomic mass is 10.1. The van der Waals surface area contributed by atoms with Crippen LogP contribution in [0.2, 0.25) is 0 Å². The van der Waals surface area contributed by atoms with Crippen molar-refractivity contribution in [2.45, 2.75) is 232 Å². The first-order chi connectivity index (χ1) is 27.6. The molecule has 0 aromatic rings. The van der Waals surface area contributed by atoms with Crippen molar-refractivity contribution in [3.8, 4) is 0 Å². The van der Waals surface area contributed by atoms with Crippen molar-refractivity contribution in [1.29, 1.82) is 0 Å². The van der Waals surface area contributed by atoms with Gasteiger partial charge in [0.15, 0.2) is 0 Å². The summed E-state index contributed by atoms with van der Waals surface area (Å²) in [4.78, 5) is 2.31. The summed E-state index contributed by atoms with van der Waals surface area (Å²) in [6, 6.07) is 0. The third-order valence-electron chi connectivity index (χ3n) is 11.1. The highest BCUT2D eigenvalue weighted by atomic mass is 16.3. The molecule has 0 saturated carbocycles. The minimum Gasteiger partial charge on any atom is -0.392 e. The van der Waals surface area contributed by atoms with E-state index >= 15 is 0 Å². The lowest BCUT2D eigenvalue weighted by Crippen LogP contribution is -2.38. The highest BCUT2D eigenvalue weighted by Gasteiger charge is 2.06. The molecule has 2 unspecified atom stereocenters. The van der Waals surface area contributed by atoms with Crippen LogP contribution in [0.15, 0.2) is 48.6 Å². The molecule has 0 rings (SSSR count). The lowest BCUT2D eigenvalue weighted by molar-refractivity contribution is 0.154. The van der Waals surface area contributed by atoms with E-state index < -0.39 is 0 Å². The molecule has 2 atom stereocenters. The van der Waals surface area contributed by atoms with Crippen LogP contribution in [0.25, 0.3) is 0 Å². The zero-order valence-corrected chi connectivity index (χ0v) is 38.0. The molecule has 0 fully saturated rings. The largest absolute Gasteiger partial charge is 0.392 e. The summed E-state index contributed by atoms with van der Waals surface area (Å²) in [7, 11) is 2.15. The number of aliphatic hydroxyl groups is 2. The summed E-state index contributed by atoms with van der Waals surface area (Å²) >= 11 is 0. The maximum absolute atomic E-state index is 10.4. The number of likely N-dealkylation sites (N-methyl/N-ethyl adjacent to an activating group) is 1. The minimum atomic E-state index is -0.238. The van der Waals surface area contributed by atoms with Gasteiger partial charge >= 0.3 is 0 Å². The van der Waals surface area contributed by atoms with Crippen LogP contribution in [0.4, 0.5) is 0 Å². The smallest absolute Gasteiger partial charge is 0.0664 e. The monoisotopic (exact) mass is 786 g/mol. The molecular weight excluding hydrogens is 687 g/mol. The van der Waals surface area contributed by atoms with Crippen LogP contribution >= 0.6 is 0 Å². The van der Waals surface area contributed by atoms with Gasteiger partial charge in [-0.05, 0) is 84.1 Å². The molecule has 0 aromatic carbocycles. The predicted molar refractivity (Wildman–Crippen MR) is 251 cm³/mol. The normalized spacial score (nSPS) is 13.5. The first kappa shape index (κ1) is 54.8. The zero-order valence-electron chi connectivity index (χ0n) is 38.0. The molecule has 5 nitrogen and oxygen atoms in total. The van der Waals surface area contributed by atoms with Crippen molar-refractivity contribution >= 4 is 0 Å². The van der Waals surface area contributed by atoms with Gasteiger partial charge in [0.1, 0.15) is 0 Å². The van der Waals surface area contributed by atoms with E-state index in [0.29, 0.717) is 13.1 Å². The molecule has 0 aromatic heterocycles. The highest BCUT2D eigenvalue weighted by Crippen LogP contribution is 2.13. The minimum absolute atomic E-state index is 0.238. The maximum atomic E-state index is 10.4. The molecule has 0 saturated heterocycles. The number of aliphatic hydroxyl groups excluding tert-OH is 2. The number of allylic oxidation sites excluding steroid dienone is 8. The summed E-state index contributed by atoms with van der Waals surface area (Å²) in [6.07, 6.45) is 59.0. The van der Waals surface area contributed by atoms with E-state index in [2.05, 4.69) is 85.0 Å². The second-order valence-corrected chi connectivity index (χ2v) is 16.9. The first-order valence-corrected chi connectivity index (χ1v) is 24.7. The summed E-state index contributed by atoms with van der Waals surface area (Å²) < 4.78 is 0. The van der Waals surface area contributed by atoms with Crippen molar-refractivity contribution in [2.75, 3.05) is 46.3 Å². The van der Waals surface area contributed by atoms with E-state index in [1.165, 1.54) is 167 Å². The molecular formula is C51H99N3O2. The Morgan fingerprint density at radius 2 is 0.679 bits per heavy atom. The van der Waals surface area contributed by atoms with E-state index in [-0.39, 0.29) is 12.2 Å². The molecule has 0 spiro atoms. The SMILES string of the molecule is CCCCCCCC/C=C\C/C=C\CCCCCCCCC(O)CNCCN(C)CCNCC(O)CCCCCCCC/C=C\C/C=C\CCCCCCCC. The Bertz CT molecular complexity index is 788. The van der Waals surface area contributed by atoms with Crippen molar-refractivity contribution in [3.63, 3.8) is 0 Å². The lowest BCUT2D eigenvalue weighted by Gasteiger charge is -2.19. The third kappa shape index (κ3) is 47.1. The van der Waals surface area contributed by atoms with Gasteiger partial charge in [0, 0.05) is 39.3 Å². The average molecular weight is 786 g/mol. The molecule has 0 heterocycles. The van der Waals surface area contributed by atoms with Crippen LogP contribution < -0.4 is 10.6 Å². The zero-order chi connectivity index (χ0) is 40.7. The van der Waals surface area contributed by atoms with Gasteiger partial charge in [-0.2, -0.15) is 0 Å². The average Bonchev–Trinajstić information content (AvgIpc) is 3.20. The van der Waals surface area contributed by atoms with Crippen LogP contribution in [-0.2, 0) is 0 Å². The highest BCUT2D eigenvalue weighted by molar-refractivity contribution is 4.93. The van der Waals surface area contributed by atoms with Gasteiger partial charge in [-0.15, -0.1) is 0 Å². The number of hydrogen-bond acceptors (Lipinski definition) is 5. The van der Waals surface area contributed by atoms with E-state index in [1.807, 2.05) is 0 Å². The summed E-state index contributed by atoms with van der Waals surface area (Å²) in [5.41, 5.74) is 0. The standard InChI is InChI=1S/C51H99N3O2/c1-4-6-8-10-12-14-16-18-20-22-24-26-28-30-32-34-36-38-40-42-50(55)48-52-44-46-54(3)47-45-53-49-51(56)43-41-39-37-35-33-31-29-27-25-23-21-19-17-15-13-11-9-7-5-2/h18-21,24-27,50-53,55-56H,4-17,22-23,28-49H2,1-3H3/b20-18-,21-19-,26-24-,27-25-. The van der Waals surface area contributed by atoms with E-state index in [0.717, 1.165) is 64.7 Å². The quantitative estimate of drug-likeness (QED) is 0.0366. The van der Waals surface area contributed by atoms with Gasteiger partial charge in [-0.1, -0.05) is 191 Å². The molecule has 0 aliphatic carbocycles. The Kier molecular flexibility index (Phi) is 47.1. The Morgan fingerprint density at radius 3 is 1.00 bits per heavy atom. The summed E-state index contributed by atoms with van der Waals surface area (Å²) in [6.45, 7) is 9.66. The van der Waals surface area contributed by atoms with Gasteiger partial charge in [0.05, 0.1) is 12.2 Å². The Balaban J connectivity index is 3.42. The van der Waals surface area contributed by atoms with E-state index in [1.54, 1.807) is 0 Å². The number of unbranched alkanes of at least 4 members (excludes halogenated alkanes) is 24. The van der Waals surface area contributed by atoms with Gasteiger partial charge in [-0.25, -0.2) is 0 Å². The Hall–Kier alpha value is -1.24. The van der Waals surface area contributed by atoms with Gasteiger partial charge in [0.2, 0.25) is 0 Å². The number of nitrogens with one attached hydrogen (secondary N) is 2. The summed E-state index contributed by atoms with van der Waals surface area (Å²) in [5, 5.41) is 27.6. The molecule has 4 N–H and O–H groups in total. The van der Waals surface area contributed by atoms with Crippen molar-refractivity contribution < 1.29 is 10.2 Å². The molecule has 0 radical (unpaired) electrons. The molecule has 0 aliphatic rings. The fraction of sp³-hybridized carbons (Fsp3) is 0.843. The topological polar surface area (TPSA) is 67.8 Å². The first-order valence-electron chi connectivity index (χ1n) is 24.7. The molecule has 56 heavy (non-hydrogen) atoms. The molecule has 5 heteroatoms. The fourth-order valence-electron chi connectivity index (χ4n) is 7.19. The van der Waals surface area contributed by atoms with Crippen molar-refractivity contribution in [2.24, 2.45) is 0 Å². The van der Waals surface area contributed by atoms with Gasteiger partial charge in [0.25, 0.3) is 0 Å². The Labute approximate surface area is 351 Å². The molecule has 0 amide bonds. The summed E-state index contributed by atoms with van der Waals surface area (Å²) in [5.74, 6) is 0.